The van der Waals surface area contributed by atoms with Gasteiger partial charge in [-0.25, -0.2) is 4.99 Å². The molecule has 0 unspecified atom stereocenters. The quantitative estimate of drug-likeness (QED) is 0.451. The molecule has 150 valence electrons. The molecular weight excluding hydrogens is 340 g/mol. The molecule has 0 spiro atoms. The average molecular weight is 375 g/mol. The smallest absolute Gasteiger partial charge is 0.308 e. The number of esters is 1. The maximum absolute atomic E-state index is 11.7. The highest BCUT2D eigenvalue weighted by Gasteiger charge is 2.26. The summed E-state index contributed by atoms with van der Waals surface area (Å²) in [6, 6.07) is 8.65. The number of methoxy groups -OCH3 is 1. The van der Waals surface area contributed by atoms with E-state index in [0.717, 1.165) is 51.5 Å². The van der Waals surface area contributed by atoms with E-state index in [2.05, 4.69) is 60.3 Å². The number of carbonyl (C=O) groups excluding carboxylic acids is 1. The molecule has 1 N–H and O–H groups in total. The van der Waals surface area contributed by atoms with Gasteiger partial charge in [0, 0.05) is 26.2 Å². The van der Waals surface area contributed by atoms with Gasteiger partial charge >= 0.3 is 5.97 Å². The first-order valence-electron chi connectivity index (χ1n) is 9.94. The van der Waals surface area contributed by atoms with E-state index in [1.807, 2.05) is 0 Å². The van der Waals surface area contributed by atoms with Crippen LogP contribution in [0.15, 0.2) is 29.3 Å². The number of nitrogens with one attached hydrogen (secondary N) is 1. The summed E-state index contributed by atoms with van der Waals surface area (Å²) in [6.45, 7) is 9.38. The average Bonchev–Trinajstić information content (AvgIpc) is 2.70. The number of aliphatic imine (C=N–C) groups is 1. The minimum absolute atomic E-state index is 0.0152. The molecule has 6 heteroatoms. The van der Waals surface area contributed by atoms with Crippen molar-refractivity contribution in [2.45, 2.75) is 39.8 Å². The topological polar surface area (TPSA) is 57.2 Å². The molecule has 0 saturated carbocycles. The molecule has 2 rings (SSSR count). The Kier molecular flexibility index (Phi) is 8.58. The number of carbonyl (C=O) groups is 1. The number of hydrogen-bond acceptors (Lipinski definition) is 4. The van der Waals surface area contributed by atoms with Crippen LogP contribution in [0.1, 0.15) is 37.8 Å². The van der Waals surface area contributed by atoms with Gasteiger partial charge in [-0.05, 0) is 44.5 Å². The van der Waals surface area contributed by atoms with Gasteiger partial charge in [0.1, 0.15) is 0 Å². The second-order valence-corrected chi connectivity index (χ2v) is 7.11. The molecule has 0 radical (unpaired) electrons. The van der Waals surface area contributed by atoms with Crippen LogP contribution in [0.5, 0.6) is 0 Å². The number of likely N-dealkylation sites (tertiary alicyclic amines) is 1. The molecule has 0 bridgehead atoms. The van der Waals surface area contributed by atoms with Crippen molar-refractivity contribution in [1.82, 2.24) is 15.1 Å². The van der Waals surface area contributed by atoms with Crippen molar-refractivity contribution < 1.29 is 9.53 Å². The van der Waals surface area contributed by atoms with Gasteiger partial charge in [0.05, 0.1) is 19.6 Å². The fourth-order valence-corrected chi connectivity index (χ4v) is 3.34. The van der Waals surface area contributed by atoms with Crippen molar-refractivity contribution in [1.29, 1.82) is 0 Å². The summed E-state index contributed by atoms with van der Waals surface area (Å²) in [5, 5.41) is 3.39. The van der Waals surface area contributed by atoms with E-state index in [1.165, 1.54) is 18.2 Å². The number of piperidine rings is 1. The molecule has 0 amide bonds. The minimum Gasteiger partial charge on any atom is -0.469 e. The third-order valence-corrected chi connectivity index (χ3v) is 5.06. The first kappa shape index (κ1) is 21.2. The van der Waals surface area contributed by atoms with Gasteiger partial charge < -0.3 is 19.9 Å². The lowest BCUT2D eigenvalue weighted by Crippen LogP contribution is -2.46. The van der Waals surface area contributed by atoms with Crippen LogP contribution in [0.25, 0.3) is 0 Å². The Morgan fingerprint density at radius 3 is 2.63 bits per heavy atom. The maximum Gasteiger partial charge on any atom is 0.308 e. The highest BCUT2D eigenvalue weighted by atomic mass is 16.5. The molecule has 0 atom stereocenters. The lowest BCUT2D eigenvalue weighted by atomic mass is 9.97. The molecule has 0 aromatic heterocycles. The zero-order valence-corrected chi connectivity index (χ0v) is 17.2. The number of guanidine groups is 1. The largest absolute Gasteiger partial charge is 0.469 e. The summed E-state index contributed by atoms with van der Waals surface area (Å²) in [6.07, 6.45) is 1.63. The van der Waals surface area contributed by atoms with E-state index >= 15 is 0 Å². The van der Waals surface area contributed by atoms with Crippen LogP contribution in [-0.4, -0.2) is 62.1 Å². The van der Waals surface area contributed by atoms with Crippen LogP contribution in [0.3, 0.4) is 0 Å². The lowest BCUT2D eigenvalue weighted by molar-refractivity contribution is -0.146. The molecule has 1 aliphatic rings. The van der Waals surface area contributed by atoms with Crippen LogP contribution in [0, 0.1) is 5.92 Å². The molecule has 1 aliphatic heterocycles. The zero-order chi connectivity index (χ0) is 19.6. The molecule has 0 aliphatic carbocycles. The summed E-state index contributed by atoms with van der Waals surface area (Å²) in [5.41, 5.74) is 2.53. The first-order chi connectivity index (χ1) is 13.1. The second kappa shape index (κ2) is 10.9. The predicted octanol–water partition coefficient (Wildman–Crippen LogP) is 2.49. The van der Waals surface area contributed by atoms with Crippen molar-refractivity contribution in [2.75, 3.05) is 40.3 Å². The second-order valence-electron chi connectivity index (χ2n) is 7.11. The van der Waals surface area contributed by atoms with Crippen molar-refractivity contribution in [3.63, 3.8) is 0 Å². The number of hydrogen-bond donors (Lipinski definition) is 1. The lowest BCUT2D eigenvalue weighted by Gasteiger charge is -2.33. The van der Waals surface area contributed by atoms with Crippen LogP contribution in [0.2, 0.25) is 0 Å². The highest BCUT2D eigenvalue weighted by Crippen LogP contribution is 2.18. The van der Waals surface area contributed by atoms with E-state index in [-0.39, 0.29) is 11.9 Å². The third-order valence-electron chi connectivity index (χ3n) is 5.06. The Hall–Kier alpha value is -2.08. The van der Waals surface area contributed by atoms with Gasteiger partial charge in [-0.3, -0.25) is 4.79 Å². The van der Waals surface area contributed by atoms with E-state index in [4.69, 9.17) is 9.73 Å². The molecule has 1 aromatic carbocycles. The number of nitrogens with zero attached hydrogens (tertiary/aromatic N) is 3. The zero-order valence-electron chi connectivity index (χ0n) is 17.2. The van der Waals surface area contributed by atoms with E-state index in [1.54, 1.807) is 0 Å². The van der Waals surface area contributed by atoms with Crippen LogP contribution < -0.4 is 5.32 Å². The molecule has 1 saturated heterocycles. The van der Waals surface area contributed by atoms with Gasteiger partial charge in [0.2, 0.25) is 0 Å². The third kappa shape index (κ3) is 6.54. The van der Waals surface area contributed by atoms with Crippen molar-refractivity contribution in [3.8, 4) is 0 Å². The maximum atomic E-state index is 11.7. The van der Waals surface area contributed by atoms with E-state index < -0.39 is 0 Å². The van der Waals surface area contributed by atoms with Crippen LogP contribution >= 0.6 is 0 Å². The highest BCUT2D eigenvalue weighted by molar-refractivity contribution is 5.80. The normalized spacial score (nSPS) is 15.9. The van der Waals surface area contributed by atoms with Gasteiger partial charge in [-0.1, -0.05) is 31.2 Å². The molecule has 6 nitrogen and oxygen atoms in total. The Morgan fingerprint density at radius 2 is 2.00 bits per heavy atom. The van der Waals surface area contributed by atoms with Crippen LogP contribution in [0.4, 0.5) is 0 Å². The first-order valence-corrected chi connectivity index (χ1v) is 9.94. The summed E-state index contributed by atoms with van der Waals surface area (Å²) < 4.78 is 4.88. The summed E-state index contributed by atoms with van der Waals surface area (Å²) >= 11 is 0. The van der Waals surface area contributed by atoms with Gasteiger partial charge in [-0.15, -0.1) is 0 Å². The monoisotopic (exact) mass is 374 g/mol. The summed E-state index contributed by atoms with van der Waals surface area (Å²) in [5.74, 6) is 0.851. The number of ether oxygens (including phenoxy) is 1. The summed E-state index contributed by atoms with van der Waals surface area (Å²) in [4.78, 5) is 21.1. The molecule has 1 aromatic rings. The van der Waals surface area contributed by atoms with Gasteiger partial charge in [-0.2, -0.15) is 0 Å². The molecular formula is C21H34N4O2. The van der Waals surface area contributed by atoms with E-state index in [9.17, 15) is 4.79 Å². The van der Waals surface area contributed by atoms with Crippen molar-refractivity contribution in [2.24, 2.45) is 10.9 Å². The standard InChI is InChI=1S/C21H34N4O2/c1-5-22-21(25-12-10-19(11-13-25)20(26)27-4)23-15-17-8-7-9-18(14-17)16-24(3)6-2/h7-9,14,19H,5-6,10-13,15-16H2,1-4H3,(H,22,23). The Balaban J connectivity index is 1.99. The SMILES string of the molecule is CCNC(=NCc1cccc(CN(C)CC)c1)N1CCC(C(=O)OC)CC1. The Morgan fingerprint density at radius 1 is 1.30 bits per heavy atom. The number of rotatable bonds is 7. The fourth-order valence-electron chi connectivity index (χ4n) is 3.34. The van der Waals surface area contributed by atoms with Gasteiger partial charge in [0.15, 0.2) is 5.96 Å². The Bertz CT molecular complexity index is 624. The predicted molar refractivity (Wildman–Crippen MR) is 110 cm³/mol. The molecule has 1 heterocycles. The Labute approximate surface area is 163 Å². The fraction of sp³-hybridized carbons (Fsp3) is 0.619. The van der Waals surface area contributed by atoms with Gasteiger partial charge in [0.25, 0.3) is 0 Å². The molecule has 1 fully saturated rings. The molecule has 27 heavy (non-hydrogen) atoms. The minimum atomic E-state index is -0.0922. The van der Waals surface area contributed by atoms with Crippen molar-refractivity contribution >= 4 is 11.9 Å². The van der Waals surface area contributed by atoms with E-state index in [0.29, 0.717) is 6.54 Å². The summed E-state index contributed by atoms with van der Waals surface area (Å²) in [7, 11) is 3.60. The van der Waals surface area contributed by atoms with Crippen LogP contribution in [-0.2, 0) is 22.6 Å². The number of benzene rings is 1. The van der Waals surface area contributed by atoms with Crippen molar-refractivity contribution in [3.05, 3.63) is 35.4 Å².